The van der Waals surface area contributed by atoms with Crippen LogP contribution in [0.4, 0.5) is 0 Å². The van der Waals surface area contributed by atoms with Gasteiger partial charge in [0.25, 0.3) is 0 Å². The summed E-state index contributed by atoms with van der Waals surface area (Å²) >= 11 is 0. The predicted molar refractivity (Wildman–Crippen MR) is 121 cm³/mol. The van der Waals surface area contributed by atoms with Crippen LogP contribution in [-0.2, 0) is 19.2 Å². The van der Waals surface area contributed by atoms with Crippen LogP contribution in [-0.4, -0.2) is 37.7 Å². The van der Waals surface area contributed by atoms with Crippen molar-refractivity contribution in [1.29, 1.82) is 0 Å². The molecule has 31 heavy (non-hydrogen) atoms. The van der Waals surface area contributed by atoms with Crippen molar-refractivity contribution in [2.45, 2.75) is 85.2 Å². The van der Waals surface area contributed by atoms with Gasteiger partial charge < -0.3 is 14.4 Å². The topological polar surface area (TPSA) is 69.5 Å². The van der Waals surface area contributed by atoms with Crippen molar-refractivity contribution in [3.05, 3.63) is 0 Å². The van der Waals surface area contributed by atoms with Gasteiger partial charge in [-0.1, -0.05) is 24.2 Å². The Morgan fingerprint density at radius 3 is 2.39 bits per heavy atom. The minimum atomic E-state index is -0.134. The molecule has 0 unspecified atom stereocenters. The maximum Gasteiger partial charge on any atom is 0.302 e. The first-order chi connectivity index (χ1) is 14.7. The lowest BCUT2D eigenvalue weighted by atomic mass is 9.44. The average molecular weight is 433 g/mol. The second-order valence-electron chi connectivity index (χ2n) is 11.0. The highest BCUT2D eigenvalue weighted by molar-refractivity contribution is 6.08. The average Bonchev–Trinajstić information content (AvgIpc) is 3.00. The van der Waals surface area contributed by atoms with Crippen molar-refractivity contribution in [1.82, 2.24) is 0 Å². The first kappa shape index (κ1) is 22.6. The third-order valence-corrected chi connectivity index (χ3v) is 9.67. The van der Waals surface area contributed by atoms with Gasteiger partial charge in [-0.05, 0) is 92.8 Å². The van der Waals surface area contributed by atoms with Crippen LogP contribution in [0.1, 0.15) is 79.1 Å². The lowest BCUT2D eigenvalue weighted by Crippen LogP contribution is -2.54. The van der Waals surface area contributed by atoms with Crippen molar-refractivity contribution < 1.29 is 19.2 Å². The van der Waals surface area contributed by atoms with E-state index in [2.05, 4.69) is 31.1 Å². The SMILES string of the molecule is CO/N=C(/C)[C@@H]1/C(=N/OC)C[C@@H]2[C@H]3CC[C@H]4C[C@H](OC(C)=O)CC[C@]4(C)[C@@H]3CC[C@]12C. The van der Waals surface area contributed by atoms with Gasteiger partial charge in [-0.25, -0.2) is 0 Å². The van der Waals surface area contributed by atoms with Crippen molar-refractivity contribution in [3.63, 3.8) is 0 Å². The van der Waals surface area contributed by atoms with E-state index in [0.717, 1.165) is 36.6 Å². The van der Waals surface area contributed by atoms with Gasteiger partial charge in [-0.2, -0.15) is 0 Å². The Kier molecular flexibility index (Phi) is 6.12. The molecule has 0 bridgehead atoms. The highest BCUT2D eigenvalue weighted by Gasteiger charge is 2.62. The lowest BCUT2D eigenvalue weighted by molar-refractivity contribution is -0.159. The minimum Gasteiger partial charge on any atom is -0.463 e. The second kappa shape index (κ2) is 8.40. The van der Waals surface area contributed by atoms with Crippen molar-refractivity contribution in [2.75, 3.05) is 14.2 Å². The molecule has 0 amide bonds. The number of rotatable bonds is 4. The largest absolute Gasteiger partial charge is 0.463 e. The van der Waals surface area contributed by atoms with Crippen molar-refractivity contribution in [2.24, 2.45) is 50.7 Å². The first-order valence-corrected chi connectivity index (χ1v) is 12.1. The van der Waals surface area contributed by atoms with E-state index < -0.39 is 0 Å². The standard InChI is InChI=1S/C25H40N2O4/c1-15(26-29-5)23-22(27-30-6)14-21-19-8-7-17-13-18(31-16(2)28)9-11-24(17,3)20(19)10-12-25(21,23)4/h17-21,23H,7-14H2,1-6H3/b26-15-,27-22+/t17-,18+,19-,20+,21+,23+,24-,25-/m0/s1. The Morgan fingerprint density at radius 2 is 1.71 bits per heavy atom. The molecule has 174 valence electrons. The zero-order chi connectivity index (χ0) is 22.4. The summed E-state index contributed by atoms with van der Waals surface area (Å²) in [6.45, 7) is 8.61. The number of ether oxygens (including phenoxy) is 1. The fourth-order valence-corrected chi connectivity index (χ4v) is 8.50. The molecule has 0 aromatic carbocycles. The summed E-state index contributed by atoms with van der Waals surface area (Å²) in [4.78, 5) is 21.9. The summed E-state index contributed by atoms with van der Waals surface area (Å²) in [6, 6.07) is 0. The van der Waals surface area contributed by atoms with Gasteiger partial charge in [0.2, 0.25) is 0 Å². The van der Waals surface area contributed by atoms with Crippen molar-refractivity contribution >= 4 is 17.4 Å². The fraction of sp³-hybridized carbons (Fsp3) is 0.880. The molecule has 4 rings (SSSR count). The van der Waals surface area contributed by atoms with E-state index in [1.54, 1.807) is 14.2 Å². The smallest absolute Gasteiger partial charge is 0.302 e. The summed E-state index contributed by atoms with van der Waals surface area (Å²) in [5.74, 6) is 2.79. The van der Waals surface area contributed by atoms with E-state index in [1.807, 2.05) is 0 Å². The van der Waals surface area contributed by atoms with Crippen LogP contribution >= 0.6 is 0 Å². The van der Waals surface area contributed by atoms with E-state index in [9.17, 15) is 4.79 Å². The van der Waals surface area contributed by atoms with Crippen LogP contribution < -0.4 is 0 Å². The summed E-state index contributed by atoms with van der Waals surface area (Å²) in [6.07, 6.45) is 9.32. The molecule has 4 fully saturated rings. The molecule has 4 aliphatic rings. The molecular weight excluding hydrogens is 392 g/mol. The van der Waals surface area contributed by atoms with Gasteiger partial charge in [-0.15, -0.1) is 0 Å². The van der Waals surface area contributed by atoms with Crippen LogP contribution in [0.3, 0.4) is 0 Å². The molecule has 4 aliphatic carbocycles. The third-order valence-electron chi connectivity index (χ3n) is 9.67. The van der Waals surface area contributed by atoms with E-state index >= 15 is 0 Å². The minimum absolute atomic E-state index is 0.116. The van der Waals surface area contributed by atoms with Gasteiger partial charge in [0.1, 0.15) is 20.3 Å². The fourth-order valence-electron chi connectivity index (χ4n) is 8.50. The maximum atomic E-state index is 11.5. The number of hydrogen-bond donors (Lipinski definition) is 0. The molecule has 0 spiro atoms. The molecule has 0 N–H and O–H groups in total. The number of esters is 1. The van der Waals surface area contributed by atoms with Crippen LogP contribution in [0.5, 0.6) is 0 Å². The Morgan fingerprint density at radius 1 is 0.968 bits per heavy atom. The molecule has 0 saturated heterocycles. The highest BCUT2D eigenvalue weighted by atomic mass is 16.6. The molecule has 6 nitrogen and oxygen atoms in total. The van der Waals surface area contributed by atoms with E-state index in [-0.39, 0.29) is 23.4 Å². The number of fused-ring (bicyclic) bond motifs is 5. The molecule has 0 aromatic heterocycles. The van der Waals surface area contributed by atoms with Crippen LogP contribution in [0.15, 0.2) is 10.3 Å². The van der Waals surface area contributed by atoms with Crippen LogP contribution in [0.25, 0.3) is 0 Å². The molecule has 0 radical (unpaired) electrons. The highest BCUT2D eigenvalue weighted by Crippen LogP contribution is 2.67. The van der Waals surface area contributed by atoms with Gasteiger partial charge in [-0.3, -0.25) is 4.79 Å². The molecule has 0 heterocycles. The number of hydrogen-bond acceptors (Lipinski definition) is 6. The predicted octanol–water partition coefficient (Wildman–Crippen LogP) is 5.21. The zero-order valence-electron chi connectivity index (χ0n) is 20.1. The van der Waals surface area contributed by atoms with E-state index in [4.69, 9.17) is 14.4 Å². The van der Waals surface area contributed by atoms with E-state index in [0.29, 0.717) is 23.2 Å². The zero-order valence-corrected chi connectivity index (χ0v) is 20.1. The van der Waals surface area contributed by atoms with Crippen molar-refractivity contribution in [3.8, 4) is 0 Å². The Labute approximate surface area is 187 Å². The van der Waals surface area contributed by atoms with Gasteiger partial charge in [0.15, 0.2) is 0 Å². The van der Waals surface area contributed by atoms with Crippen LogP contribution in [0.2, 0.25) is 0 Å². The number of oxime groups is 2. The summed E-state index contributed by atoms with van der Waals surface area (Å²) in [5, 5.41) is 8.81. The molecule has 8 atom stereocenters. The summed E-state index contributed by atoms with van der Waals surface area (Å²) < 4.78 is 5.62. The summed E-state index contributed by atoms with van der Waals surface area (Å²) in [5.41, 5.74) is 2.67. The maximum absolute atomic E-state index is 11.5. The quantitative estimate of drug-likeness (QED) is 0.347. The molecular formula is C25H40N2O4. The second-order valence-corrected chi connectivity index (χ2v) is 11.0. The Hall–Kier alpha value is -1.59. The summed E-state index contributed by atoms with van der Waals surface area (Å²) in [7, 11) is 3.27. The van der Waals surface area contributed by atoms with Gasteiger partial charge in [0.05, 0.1) is 11.4 Å². The molecule has 6 heteroatoms. The number of carbonyl (C=O) groups is 1. The molecule has 0 aromatic rings. The third kappa shape index (κ3) is 3.68. The van der Waals surface area contributed by atoms with Crippen LogP contribution in [0, 0.1) is 40.4 Å². The normalized spacial score (nSPS) is 46.0. The van der Waals surface area contributed by atoms with Gasteiger partial charge >= 0.3 is 5.97 Å². The first-order valence-electron chi connectivity index (χ1n) is 12.1. The Balaban J connectivity index is 1.60. The number of nitrogens with zero attached hydrogens (tertiary/aromatic N) is 2. The monoisotopic (exact) mass is 432 g/mol. The molecule has 0 aliphatic heterocycles. The molecule has 4 saturated carbocycles. The lowest BCUT2D eigenvalue weighted by Gasteiger charge is -2.60. The van der Waals surface area contributed by atoms with Gasteiger partial charge in [0, 0.05) is 12.8 Å². The number of carbonyl (C=O) groups excluding carboxylic acids is 1. The van der Waals surface area contributed by atoms with E-state index in [1.165, 1.54) is 39.0 Å². The Bertz CT molecular complexity index is 765.